The number of hydrogen-bond donors (Lipinski definition) is 2. The molecule has 2 N–H and O–H groups in total. The van der Waals surface area contributed by atoms with Gasteiger partial charge in [-0.3, -0.25) is 0 Å². The van der Waals surface area contributed by atoms with Crippen molar-refractivity contribution in [3.63, 3.8) is 0 Å². The normalized spacial score (nSPS) is 24.9. The van der Waals surface area contributed by atoms with E-state index in [1.807, 2.05) is 6.07 Å². The molecule has 0 aliphatic carbocycles. The van der Waals surface area contributed by atoms with Gasteiger partial charge in [0.2, 0.25) is 0 Å². The predicted molar refractivity (Wildman–Crippen MR) is 66.7 cm³/mol. The van der Waals surface area contributed by atoms with Crippen molar-refractivity contribution in [3.8, 4) is 0 Å². The number of halogens is 2. The monoisotopic (exact) mass is 257 g/mol. The van der Waals surface area contributed by atoms with Crippen LogP contribution in [0.3, 0.4) is 0 Å². The Morgan fingerprint density at radius 3 is 2.88 bits per heavy atom. The lowest BCUT2D eigenvalue weighted by atomic mass is 9.76. The van der Waals surface area contributed by atoms with Crippen molar-refractivity contribution in [2.24, 2.45) is 5.41 Å². The van der Waals surface area contributed by atoms with E-state index in [2.05, 4.69) is 5.32 Å². The molecule has 1 atom stereocenters. The molecule has 1 aliphatic rings. The van der Waals surface area contributed by atoms with Crippen molar-refractivity contribution in [1.82, 2.24) is 5.32 Å². The van der Waals surface area contributed by atoms with Crippen LogP contribution in [0.5, 0.6) is 0 Å². The van der Waals surface area contributed by atoms with Crippen LogP contribution in [0, 0.1) is 11.2 Å². The largest absolute Gasteiger partial charge is 0.396 e. The van der Waals surface area contributed by atoms with Crippen LogP contribution < -0.4 is 5.32 Å². The van der Waals surface area contributed by atoms with E-state index in [4.69, 9.17) is 11.6 Å². The second-order valence-corrected chi connectivity index (χ2v) is 5.27. The molecule has 2 rings (SSSR count). The molecular weight excluding hydrogens is 241 g/mol. The number of aliphatic hydroxyl groups excluding tert-OH is 1. The highest BCUT2D eigenvalue weighted by Gasteiger charge is 2.31. The minimum atomic E-state index is -0.388. The summed E-state index contributed by atoms with van der Waals surface area (Å²) in [5.74, 6) is -0.388. The fourth-order valence-corrected chi connectivity index (χ4v) is 2.57. The summed E-state index contributed by atoms with van der Waals surface area (Å²) < 4.78 is 13.4. The van der Waals surface area contributed by atoms with Gasteiger partial charge in [-0.05, 0) is 43.5 Å². The Bertz CT molecular complexity index is 391. The zero-order chi connectivity index (χ0) is 12.3. The quantitative estimate of drug-likeness (QED) is 0.872. The number of benzene rings is 1. The van der Waals surface area contributed by atoms with Crippen LogP contribution in [0.2, 0.25) is 5.02 Å². The Hall–Kier alpha value is -0.640. The van der Waals surface area contributed by atoms with E-state index in [1.54, 1.807) is 6.07 Å². The second-order valence-electron chi connectivity index (χ2n) is 4.86. The molecule has 1 aliphatic heterocycles. The standard InChI is InChI=1S/C13H17ClFNO/c14-11-3-2-10(6-12(11)15)7-13(9-17)4-1-5-16-8-13/h2-3,6,16-17H,1,4-5,7-9H2. The van der Waals surface area contributed by atoms with Gasteiger partial charge in [0.05, 0.1) is 11.6 Å². The maximum atomic E-state index is 13.4. The molecule has 0 saturated carbocycles. The summed E-state index contributed by atoms with van der Waals surface area (Å²) in [6.07, 6.45) is 2.71. The SMILES string of the molecule is OCC1(Cc2ccc(Cl)c(F)c2)CCCNC1. The number of aliphatic hydroxyl groups is 1. The van der Waals surface area contributed by atoms with E-state index in [9.17, 15) is 9.50 Å². The van der Waals surface area contributed by atoms with Gasteiger partial charge in [-0.25, -0.2) is 4.39 Å². The predicted octanol–water partition coefficient (Wildman–Crippen LogP) is 2.38. The fraction of sp³-hybridized carbons (Fsp3) is 0.538. The first-order valence-electron chi connectivity index (χ1n) is 5.91. The van der Waals surface area contributed by atoms with Gasteiger partial charge in [-0.2, -0.15) is 0 Å². The van der Waals surface area contributed by atoms with Gasteiger partial charge in [0.15, 0.2) is 0 Å². The second kappa shape index (κ2) is 5.34. The summed E-state index contributed by atoms with van der Waals surface area (Å²) in [7, 11) is 0. The lowest BCUT2D eigenvalue weighted by molar-refractivity contribution is 0.0947. The molecule has 1 heterocycles. The molecule has 1 aromatic rings. The Balaban J connectivity index is 2.14. The average Bonchev–Trinajstić information content (AvgIpc) is 2.35. The van der Waals surface area contributed by atoms with Crippen molar-refractivity contribution in [2.45, 2.75) is 19.3 Å². The van der Waals surface area contributed by atoms with Gasteiger partial charge in [0, 0.05) is 12.0 Å². The van der Waals surface area contributed by atoms with E-state index in [1.165, 1.54) is 6.07 Å². The van der Waals surface area contributed by atoms with Crippen LogP contribution in [0.4, 0.5) is 4.39 Å². The molecule has 0 amide bonds. The molecule has 0 bridgehead atoms. The summed E-state index contributed by atoms with van der Waals surface area (Å²) in [5.41, 5.74) is 0.739. The van der Waals surface area contributed by atoms with Crippen molar-refractivity contribution in [3.05, 3.63) is 34.6 Å². The molecule has 1 saturated heterocycles. The Kier molecular flexibility index (Phi) is 4.02. The molecular formula is C13H17ClFNO. The number of nitrogens with one attached hydrogen (secondary N) is 1. The van der Waals surface area contributed by atoms with E-state index in [-0.39, 0.29) is 22.9 Å². The Morgan fingerprint density at radius 2 is 2.29 bits per heavy atom. The molecule has 17 heavy (non-hydrogen) atoms. The van der Waals surface area contributed by atoms with Gasteiger partial charge in [0.1, 0.15) is 5.82 Å². The van der Waals surface area contributed by atoms with Crippen molar-refractivity contribution in [1.29, 1.82) is 0 Å². The summed E-state index contributed by atoms with van der Waals surface area (Å²) in [6.45, 7) is 1.91. The molecule has 0 spiro atoms. The number of rotatable bonds is 3. The molecule has 1 fully saturated rings. The topological polar surface area (TPSA) is 32.3 Å². The van der Waals surface area contributed by atoms with Crippen LogP contribution in [-0.4, -0.2) is 24.8 Å². The van der Waals surface area contributed by atoms with Gasteiger partial charge < -0.3 is 10.4 Å². The zero-order valence-corrected chi connectivity index (χ0v) is 10.4. The van der Waals surface area contributed by atoms with Crippen LogP contribution in [0.15, 0.2) is 18.2 Å². The zero-order valence-electron chi connectivity index (χ0n) is 9.68. The number of hydrogen-bond acceptors (Lipinski definition) is 2. The summed E-state index contributed by atoms with van der Waals surface area (Å²) in [6, 6.07) is 4.87. The average molecular weight is 258 g/mol. The van der Waals surface area contributed by atoms with Crippen LogP contribution in [0.1, 0.15) is 18.4 Å². The van der Waals surface area contributed by atoms with E-state index in [0.717, 1.165) is 31.5 Å². The minimum absolute atomic E-state index is 0.129. The molecule has 0 aromatic heterocycles. The maximum Gasteiger partial charge on any atom is 0.142 e. The molecule has 4 heteroatoms. The van der Waals surface area contributed by atoms with Crippen molar-refractivity contribution >= 4 is 11.6 Å². The first-order chi connectivity index (χ1) is 8.15. The molecule has 0 radical (unpaired) electrons. The summed E-state index contributed by atoms with van der Waals surface area (Å²) in [4.78, 5) is 0. The van der Waals surface area contributed by atoms with Crippen LogP contribution in [0.25, 0.3) is 0 Å². The first-order valence-corrected chi connectivity index (χ1v) is 6.29. The lowest BCUT2D eigenvalue weighted by Crippen LogP contribution is -2.44. The fourth-order valence-electron chi connectivity index (χ4n) is 2.45. The van der Waals surface area contributed by atoms with Gasteiger partial charge >= 0.3 is 0 Å². The third-order valence-electron chi connectivity index (χ3n) is 3.46. The molecule has 2 nitrogen and oxygen atoms in total. The highest BCUT2D eigenvalue weighted by atomic mass is 35.5. The van der Waals surface area contributed by atoms with Crippen LogP contribution >= 0.6 is 11.6 Å². The first kappa shape index (κ1) is 12.8. The Labute approximate surface area is 106 Å². The third-order valence-corrected chi connectivity index (χ3v) is 3.77. The smallest absolute Gasteiger partial charge is 0.142 e. The van der Waals surface area contributed by atoms with Crippen LogP contribution in [-0.2, 0) is 6.42 Å². The van der Waals surface area contributed by atoms with Gasteiger partial charge in [0.25, 0.3) is 0 Å². The molecule has 1 unspecified atom stereocenters. The highest BCUT2D eigenvalue weighted by Crippen LogP contribution is 2.31. The third kappa shape index (κ3) is 2.97. The summed E-state index contributed by atoms with van der Waals surface area (Å²) in [5, 5.41) is 13.0. The van der Waals surface area contributed by atoms with Gasteiger partial charge in [-0.1, -0.05) is 17.7 Å². The molecule has 1 aromatic carbocycles. The number of piperidine rings is 1. The minimum Gasteiger partial charge on any atom is -0.396 e. The maximum absolute atomic E-state index is 13.4. The molecule has 94 valence electrons. The summed E-state index contributed by atoms with van der Waals surface area (Å²) >= 11 is 5.66. The van der Waals surface area contributed by atoms with E-state index in [0.29, 0.717) is 6.42 Å². The van der Waals surface area contributed by atoms with E-state index < -0.39 is 0 Å². The van der Waals surface area contributed by atoms with Crippen molar-refractivity contribution in [2.75, 3.05) is 19.7 Å². The highest BCUT2D eigenvalue weighted by molar-refractivity contribution is 6.30. The van der Waals surface area contributed by atoms with E-state index >= 15 is 0 Å². The van der Waals surface area contributed by atoms with Crippen molar-refractivity contribution < 1.29 is 9.50 Å². The van der Waals surface area contributed by atoms with Gasteiger partial charge in [-0.15, -0.1) is 0 Å². The Morgan fingerprint density at radius 1 is 1.47 bits per heavy atom. The lowest BCUT2D eigenvalue weighted by Gasteiger charge is -2.36.